The zero-order valence-electron chi connectivity index (χ0n) is 11.8. The van der Waals surface area contributed by atoms with Crippen molar-refractivity contribution in [3.05, 3.63) is 52.2 Å². The molecule has 1 aromatic heterocycles. The minimum atomic E-state index is -0.0390. The number of hydrogen-bond acceptors (Lipinski definition) is 3. The van der Waals surface area contributed by atoms with E-state index in [1.807, 2.05) is 42.6 Å². The molecule has 3 nitrogen and oxygen atoms in total. The van der Waals surface area contributed by atoms with Crippen LogP contribution in [0.1, 0.15) is 42.2 Å². The van der Waals surface area contributed by atoms with Gasteiger partial charge in [0.15, 0.2) is 0 Å². The molecule has 0 radical (unpaired) electrons. The predicted octanol–water partition coefficient (Wildman–Crippen LogP) is 4.06. The minimum Gasteiger partial charge on any atom is -0.384 e. The highest BCUT2D eigenvalue weighted by atomic mass is 32.1. The molecule has 20 heavy (non-hydrogen) atoms. The van der Waals surface area contributed by atoms with E-state index in [1.54, 1.807) is 11.3 Å². The Morgan fingerprint density at radius 2 is 2.10 bits per heavy atom. The van der Waals surface area contributed by atoms with Crippen LogP contribution in [0.5, 0.6) is 0 Å². The lowest BCUT2D eigenvalue weighted by Gasteiger charge is -2.15. The van der Waals surface area contributed by atoms with Gasteiger partial charge >= 0.3 is 0 Å². The highest BCUT2D eigenvalue weighted by Gasteiger charge is 2.14. The molecular formula is C16H20N2OS. The number of anilines is 1. The molecule has 0 saturated heterocycles. The maximum Gasteiger partial charge on any atom is 0.253 e. The number of carbonyl (C=O) groups excluding carboxylic acids is 1. The summed E-state index contributed by atoms with van der Waals surface area (Å²) < 4.78 is 0. The summed E-state index contributed by atoms with van der Waals surface area (Å²) in [6.45, 7) is 4.97. The summed E-state index contributed by atoms with van der Waals surface area (Å²) in [5.74, 6) is -0.0390. The van der Waals surface area contributed by atoms with Crippen LogP contribution in [-0.4, -0.2) is 12.5 Å². The number of rotatable bonds is 6. The second-order valence-electron chi connectivity index (χ2n) is 4.72. The molecule has 4 heteroatoms. The number of benzene rings is 1. The van der Waals surface area contributed by atoms with Crippen LogP contribution in [0.25, 0.3) is 0 Å². The first-order valence-corrected chi connectivity index (χ1v) is 7.82. The average molecular weight is 288 g/mol. The molecule has 2 aromatic rings. The van der Waals surface area contributed by atoms with Gasteiger partial charge in [0.05, 0.1) is 11.6 Å². The molecule has 1 aromatic carbocycles. The Bertz CT molecular complexity index is 551. The van der Waals surface area contributed by atoms with Crippen molar-refractivity contribution in [2.24, 2.45) is 0 Å². The van der Waals surface area contributed by atoms with E-state index in [0.717, 1.165) is 24.2 Å². The van der Waals surface area contributed by atoms with Crippen molar-refractivity contribution in [1.82, 2.24) is 5.32 Å². The molecule has 0 spiro atoms. The zero-order valence-corrected chi connectivity index (χ0v) is 12.7. The van der Waals surface area contributed by atoms with Crippen molar-refractivity contribution in [3.63, 3.8) is 0 Å². The van der Waals surface area contributed by atoms with Gasteiger partial charge in [-0.15, -0.1) is 0 Å². The van der Waals surface area contributed by atoms with E-state index in [4.69, 9.17) is 0 Å². The quantitative estimate of drug-likeness (QED) is 0.841. The van der Waals surface area contributed by atoms with Crippen molar-refractivity contribution in [1.29, 1.82) is 0 Å². The lowest BCUT2D eigenvalue weighted by Crippen LogP contribution is -2.27. The second-order valence-corrected chi connectivity index (χ2v) is 5.50. The van der Waals surface area contributed by atoms with Crippen LogP contribution >= 0.6 is 11.3 Å². The van der Waals surface area contributed by atoms with Crippen LogP contribution in [0.4, 0.5) is 5.69 Å². The molecular weight excluding hydrogens is 268 g/mol. The van der Waals surface area contributed by atoms with E-state index in [9.17, 15) is 4.79 Å². The fourth-order valence-corrected chi connectivity index (χ4v) is 2.73. The molecule has 106 valence electrons. The molecule has 0 aliphatic rings. The smallest absolute Gasteiger partial charge is 0.253 e. The molecule has 1 atom stereocenters. The third kappa shape index (κ3) is 3.61. The number of para-hydroxylation sites is 1. The first-order chi connectivity index (χ1) is 9.72. The van der Waals surface area contributed by atoms with Gasteiger partial charge in [-0.3, -0.25) is 4.79 Å². The van der Waals surface area contributed by atoms with Gasteiger partial charge < -0.3 is 10.6 Å². The first kappa shape index (κ1) is 14.6. The summed E-state index contributed by atoms with van der Waals surface area (Å²) >= 11 is 1.64. The van der Waals surface area contributed by atoms with Crippen molar-refractivity contribution >= 4 is 22.9 Å². The summed E-state index contributed by atoms with van der Waals surface area (Å²) in [7, 11) is 0. The standard InChI is InChI=1S/C16H20N2OS/c1-3-9-17-15-7-5-4-6-14(15)16(19)18-12(2)13-8-10-20-11-13/h4-8,10-12,17H,3,9H2,1-2H3,(H,18,19). The molecule has 0 aliphatic carbocycles. The van der Waals surface area contributed by atoms with Crippen molar-refractivity contribution in [2.45, 2.75) is 26.3 Å². The first-order valence-electron chi connectivity index (χ1n) is 6.88. The molecule has 0 bridgehead atoms. The fourth-order valence-electron chi connectivity index (χ4n) is 1.97. The second kappa shape index (κ2) is 7.10. The van der Waals surface area contributed by atoms with Gasteiger partial charge in [0.25, 0.3) is 5.91 Å². The largest absolute Gasteiger partial charge is 0.384 e. The maximum absolute atomic E-state index is 12.4. The van der Waals surface area contributed by atoms with Gasteiger partial charge in [-0.25, -0.2) is 0 Å². The molecule has 0 aliphatic heterocycles. The summed E-state index contributed by atoms with van der Waals surface area (Å²) in [5, 5.41) is 10.4. The molecule has 2 rings (SSSR count). The monoisotopic (exact) mass is 288 g/mol. The normalized spacial score (nSPS) is 11.9. The number of thiophene rings is 1. The summed E-state index contributed by atoms with van der Waals surface area (Å²) in [4.78, 5) is 12.4. The van der Waals surface area contributed by atoms with E-state index in [0.29, 0.717) is 5.56 Å². The van der Waals surface area contributed by atoms with Crippen molar-refractivity contribution in [2.75, 3.05) is 11.9 Å². The summed E-state index contributed by atoms with van der Waals surface area (Å²) in [5.41, 5.74) is 2.73. The zero-order chi connectivity index (χ0) is 14.4. The number of carbonyl (C=O) groups is 1. The lowest BCUT2D eigenvalue weighted by molar-refractivity contribution is 0.0941. The van der Waals surface area contributed by atoms with Gasteiger partial charge in [-0.05, 0) is 47.9 Å². The number of nitrogens with one attached hydrogen (secondary N) is 2. The fraction of sp³-hybridized carbons (Fsp3) is 0.312. The maximum atomic E-state index is 12.4. The van der Waals surface area contributed by atoms with E-state index in [2.05, 4.69) is 22.9 Å². The SMILES string of the molecule is CCCNc1ccccc1C(=O)NC(C)c1ccsc1. The third-order valence-corrected chi connectivity index (χ3v) is 3.83. The van der Waals surface area contributed by atoms with Crippen LogP contribution in [0, 0.1) is 0 Å². The minimum absolute atomic E-state index is 0.0213. The highest BCUT2D eigenvalue weighted by molar-refractivity contribution is 7.07. The molecule has 1 amide bonds. The van der Waals surface area contributed by atoms with Crippen LogP contribution in [-0.2, 0) is 0 Å². The Labute approximate surface area is 124 Å². The average Bonchev–Trinajstić information content (AvgIpc) is 2.99. The molecule has 0 fully saturated rings. The van der Waals surface area contributed by atoms with Gasteiger partial charge in [-0.1, -0.05) is 19.1 Å². The van der Waals surface area contributed by atoms with E-state index in [1.165, 1.54) is 0 Å². The highest BCUT2D eigenvalue weighted by Crippen LogP contribution is 2.19. The number of amides is 1. The van der Waals surface area contributed by atoms with Gasteiger partial charge in [0.1, 0.15) is 0 Å². The van der Waals surface area contributed by atoms with E-state index in [-0.39, 0.29) is 11.9 Å². The Morgan fingerprint density at radius 3 is 2.80 bits per heavy atom. The molecule has 1 unspecified atom stereocenters. The Morgan fingerprint density at radius 1 is 1.30 bits per heavy atom. The summed E-state index contributed by atoms with van der Waals surface area (Å²) in [6, 6.07) is 9.69. The molecule has 2 N–H and O–H groups in total. The molecule has 1 heterocycles. The Balaban J connectivity index is 2.09. The van der Waals surface area contributed by atoms with Crippen molar-refractivity contribution in [3.8, 4) is 0 Å². The van der Waals surface area contributed by atoms with Crippen LogP contribution in [0.2, 0.25) is 0 Å². The summed E-state index contributed by atoms with van der Waals surface area (Å²) in [6.07, 6.45) is 1.03. The van der Waals surface area contributed by atoms with Crippen LogP contribution in [0.3, 0.4) is 0 Å². The van der Waals surface area contributed by atoms with E-state index < -0.39 is 0 Å². The Kier molecular flexibility index (Phi) is 5.18. The topological polar surface area (TPSA) is 41.1 Å². The van der Waals surface area contributed by atoms with Crippen molar-refractivity contribution < 1.29 is 4.79 Å². The molecule has 0 saturated carbocycles. The van der Waals surface area contributed by atoms with Gasteiger partial charge in [-0.2, -0.15) is 11.3 Å². The third-order valence-electron chi connectivity index (χ3n) is 3.13. The van der Waals surface area contributed by atoms with Crippen LogP contribution in [0.15, 0.2) is 41.1 Å². The van der Waals surface area contributed by atoms with E-state index >= 15 is 0 Å². The predicted molar refractivity (Wildman–Crippen MR) is 85.4 cm³/mol. The van der Waals surface area contributed by atoms with Gasteiger partial charge in [0.2, 0.25) is 0 Å². The van der Waals surface area contributed by atoms with Gasteiger partial charge in [0, 0.05) is 12.2 Å². The van der Waals surface area contributed by atoms with Crippen LogP contribution < -0.4 is 10.6 Å². The Hall–Kier alpha value is -1.81. The lowest BCUT2D eigenvalue weighted by atomic mass is 10.1. The number of hydrogen-bond donors (Lipinski definition) is 2.